The largest absolute Gasteiger partial charge is 0.306 e. The summed E-state index contributed by atoms with van der Waals surface area (Å²) in [5.74, 6) is -0.0134. The normalized spacial score (nSPS) is 18.0. The van der Waals surface area contributed by atoms with Crippen LogP contribution in [0.15, 0.2) is 16.8 Å². The number of thiophene rings is 1. The summed E-state index contributed by atoms with van der Waals surface area (Å²) in [6, 6.07) is 1.91. The van der Waals surface area contributed by atoms with E-state index in [4.69, 9.17) is 0 Å². The van der Waals surface area contributed by atoms with Crippen molar-refractivity contribution in [3.63, 3.8) is 0 Å². The number of nitrogens with one attached hydrogen (secondary N) is 2. The number of amides is 1. The lowest BCUT2D eigenvalue weighted by atomic mass is 10.2. The molecule has 0 radical (unpaired) electrons. The first-order chi connectivity index (χ1) is 8.83. The van der Waals surface area contributed by atoms with Gasteiger partial charge in [-0.05, 0) is 30.8 Å². The first-order valence-corrected chi connectivity index (χ1v) is 7.49. The SMILES string of the molecule is Cl.O=C(Nc1nnc(-c2ccsc2)s1)C1CCCN1. The molecule has 0 saturated carbocycles. The van der Waals surface area contributed by atoms with Crippen molar-refractivity contribution in [3.05, 3.63) is 16.8 Å². The third kappa shape index (κ3) is 3.30. The standard InChI is InChI=1S/C11H12N4OS2.ClH/c16-9(8-2-1-4-12-8)13-11-15-14-10(18-11)7-3-5-17-6-7;/h3,5-6,8,12H,1-2,4H2,(H,13,15,16);1H. The minimum absolute atomic E-state index is 0. The Kier molecular flexibility index (Phi) is 4.87. The van der Waals surface area contributed by atoms with Gasteiger partial charge in [0.05, 0.1) is 6.04 Å². The van der Waals surface area contributed by atoms with Gasteiger partial charge in [0, 0.05) is 10.9 Å². The highest BCUT2D eigenvalue weighted by molar-refractivity contribution is 7.19. The van der Waals surface area contributed by atoms with Gasteiger partial charge >= 0.3 is 0 Å². The fourth-order valence-corrected chi connectivity index (χ4v) is 3.34. The second-order valence-electron chi connectivity index (χ2n) is 4.06. The number of anilines is 1. The van der Waals surface area contributed by atoms with Crippen LogP contribution >= 0.6 is 35.1 Å². The quantitative estimate of drug-likeness (QED) is 0.912. The van der Waals surface area contributed by atoms with Gasteiger partial charge in [-0.25, -0.2) is 0 Å². The van der Waals surface area contributed by atoms with E-state index in [2.05, 4.69) is 20.8 Å². The molecular weight excluding hydrogens is 304 g/mol. The predicted octanol–water partition coefficient (Wildman–Crippen LogP) is 2.38. The molecule has 8 heteroatoms. The van der Waals surface area contributed by atoms with Crippen molar-refractivity contribution in [2.75, 3.05) is 11.9 Å². The molecule has 1 aliphatic heterocycles. The monoisotopic (exact) mass is 316 g/mol. The summed E-state index contributed by atoms with van der Waals surface area (Å²) < 4.78 is 0. The lowest BCUT2D eigenvalue weighted by molar-refractivity contribution is -0.117. The summed E-state index contributed by atoms with van der Waals surface area (Å²) in [6.45, 7) is 0.911. The van der Waals surface area contributed by atoms with Crippen LogP contribution in [0.2, 0.25) is 0 Å². The predicted molar refractivity (Wildman–Crippen MR) is 80.1 cm³/mol. The maximum Gasteiger partial charge on any atom is 0.243 e. The van der Waals surface area contributed by atoms with Crippen molar-refractivity contribution >= 4 is 46.1 Å². The van der Waals surface area contributed by atoms with E-state index in [0.717, 1.165) is 30.0 Å². The van der Waals surface area contributed by atoms with Crippen molar-refractivity contribution < 1.29 is 4.79 Å². The van der Waals surface area contributed by atoms with Gasteiger partial charge in [-0.2, -0.15) is 11.3 Å². The molecule has 2 N–H and O–H groups in total. The molecule has 0 aromatic carbocycles. The molecule has 5 nitrogen and oxygen atoms in total. The highest BCUT2D eigenvalue weighted by Crippen LogP contribution is 2.27. The lowest BCUT2D eigenvalue weighted by Gasteiger charge is -2.07. The molecule has 1 fully saturated rings. The van der Waals surface area contributed by atoms with Gasteiger partial charge < -0.3 is 5.32 Å². The number of hydrogen-bond acceptors (Lipinski definition) is 6. The molecule has 1 atom stereocenters. The van der Waals surface area contributed by atoms with Gasteiger partial charge in [0.15, 0.2) is 0 Å². The Hall–Kier alpha value is -1.02. The topological polar surface area (TPSA) is 66.9 Å². The smallest absolute Gasteiger partial charge is 0.243 e. The zero-order valence-electron chi connectivity index (χ0n) is 9.96. The van der Waals surface area contributed by atoms with E-state index in [9.17, 15) is 4.79 Å². The van der Waals surface area contributed by atoms with E-state index < -0.39 is 0 Å². The molecule has 2 aromatic heterocycles. The van der Waals surface area contributed by atoms with Crippen molar-refractivity contribution in [3.8, 4) is 10.6 Å². The molecule has 0 spiro atoms. The number of aromatic nitrogens is 2. The fourth-order valence-electron chi connectivity index (χ4n) is 1.88. The second kappa shape index (κ2) is 6.42. The highest BCUT2D eigenvalue weighted by atomic mass is 35.5. The van der Waals surface area contributed by atoms with Crippen molar-refractivity contribution in [1.82, 2.24) is 15.5 Å². The zero-order chi connectivity index (χ0) is 12.4. The molecule has 1 saturated heterocycles. The van der Waals surface area contributed by atoms with Gasteiger partial charge in [-0.15, -0.1) is 22.6 Å². The van der Waals surface area contributed by atoms with E-state index in [0.29, 0.717) is 5.13 Å². The van der Waals surface area contributed by atoms with Crippen LogP contribution in [0.25, 0.3) is 10.6 Å². The Bertz CT molecular complexity index is 537. The molecule has 102 valence electrons. The van der Waals surface area contributed by atoms with Gasteiger partial charge in [-0.3, -0.25) is 10.1 Å². The summed E-state index contributed by atoms with van der Waals surface area (Å²) in [5, 5.41) is 19.5. The molecule has 1 unspecified atom stereocenters. The molecular formula is C11H13ClN4OS2. The van der Waals surface area contributed by atoms with E-state index in [-0.39, 0.29) is 24.4 Å². The van der Waals surface area contributed by atoms with Crippen molar-refractivity contribution in [2.45, 2.75) is 18.9 Å². The molecule has 3 rings (SSSR count). The van der Waals surface area contributed by atoms with Gasteiger partial charge in [0.1, 0.15) is 5.01 Å². The number of carbonyl (C=O) groups is 1. The number of hydrogen-bond donors (Lipinski definition) is 2. The van der Waals surface area contributed by atoms with Gasteiger partial charge in [0.25, 0.3) is 0 Å². The number of rotatable bonds is 3. The fraction of sp³-hybridized carbons (Fsp3) is 0.364. The summed E-state index contributed by atoms with van der Waals surface area (Å²) in [5.41, 5.74) is 1.05. The number of halogens is 1. The van der Waals surface area contributed by atoms with E-state index in [1.165, 1.54) is 11.3 Å². The minimum Gasteiger partial charge on any atom is -0.306 e. The summed E-state index contributed by atoms with van der Waals surface area (Å²) in [4.78, 5) is 11.9. The Morgan fingerprint density at radius 1 is 1.47 bits per heavy atom. The number of carbonyl (C=O) groups excluding carboxylic acids is 1. The molecule has 2 aromatic rings. The molecule has 19 heavy (non-hydrogen) atoms. The molecule has 1 amide bonds. The van der Waals surface area contributed by atoms with Gasteiger partial charge in [-0.1, -0.05) is 11.3 Å². The van der Waals surface area contributed by atoms with Crippen LogP contribution in [0, 0.1) is 0 Å². The van der Waals surface area contributed by atoms with E-state index >= 15 is 0 Å². The Morgan fingerprint density at radius 2 is 2.37 bits per heavy atom. The second-order valence-corrected chi connectivity index (χ2v) is 5.82. The lowest BCUT2D eigenvalue weighted by Crippen LogP contribution is -2.35. The number of nitrogens with zero attached hydrogens (tertiary/aromatic N) is 2. The van der Waals surface area contributed by atoms with Crippen LogP contribution < -0.4 is 10.6 Å². The first-order valence-electron chi connectivity index (χ1n) is 5.73. The summed E-state index contributed by atoms with van der Waals surface area (Å²) in [6.07, 6.45) is 1.94. The average Bonchev–Trinajstić information content (AvgIpc) is 3.12. The molecule has 0 aliphatic carbocycles. The van der Waals surface area contributed by atoms with Crippen LogP contribution in [-0.4, -0.2) is 28.7 Å². The third-order valence-electron chi connectivity index (χ3n) is 2.80. The van der Waals surface area contributed by atoms with Crippen LogP contribution in [0.3, 0.4) is 0 Å². The summed E-state index contributed by atoms with van der Waals surface area (Å²) >= 11 is 3.02. The Balaban J connectivity index is 0.00000133. The van der Waals surface area contributed by atoms with Crippen LogP contribution in [0.4, 0.5) is 5.13 Å². The van der Waals surface area contributed by atoms with Crippen LogP contribution in [0.1, 0.15) is 12.8 Å². The molecule has 0 bridgehead atoms. The molecule has 1 aliphatic rings. The van der Waals surface area contributed by atoms with Crippen LogP contribution in [-0.2, 0) is 4.79 Å². The molecule has 3 heterocycles. The minimum atomic E-state index is -0.0847. The Labute approximate surface area is 124 Å². The van der Waals surface area contributed by atoms with Crippen molar-refractivity contribution in [1.29, 1.82) is 0 Å². The maximum absolute atomic E-state index is 11.9. The van der Waals surface area contributed by atoms with Gasteiger partial charge in [0.2, 0.25) is 11.0 Å². The van der Waals surface area contributed by atoms with Crippen molar-refractivity contribution in [2.24, 2.45) is 0 Å². The third-order valence-corrected chi connectivity index (χ3v) is 4.37. The maximum atomic E-state index is 11.9. The van der Waals surface area contributed by atoms with Crippen LogP contribution in [0.5, 0.6) is 0 Å². The summed E-state index contributed by atoms with van der Waals surface area (Å²) in [7, 11) is 0. The zero-order valence-corrected chi connectivity index (χ0v) is 12.4. The van der Waals surface area contributed by atoms with E-state index in [1.54, 1.807) is 11.3 Å². The van der Waals surface area contributed by atoms with E-state index in [1.807, 2.05) is 16.8 Å². The first kappa shape index (κ1) is 14.4. The highest BCUT2D eigenvalue weighted by Gasteiger charge is 2.22. The Morgan fingerprint density at radius 3 is 3.05 bits per heavy atom. The average molecular weight is 317 g/mol.